The molecule has 0 radical (unpaired) electrons. The van der Waals surface area contributed by atoms with Gasteiger partial charge in [-0.3, -0.25) is 0 Å². The molecule has 0 saturated heterocycles. The molecule has 0 heterocycles. The van der Waals surface area contributed by atoms with Gasteiger partial charge in [0.2, 0.25) is 0 Å². The van der Waals surface area contributed by atoms with Gasteiger partial charge in [0.05, 0.1) is 16.7 Å². The molecule has 0 fully saturated rings. The Morgan fingerprint density at radius 2 is 0.524 bits per heavy atom. The Morgan fingerprint density at radius 1 is 0.381 bits per heavy atom. The summed E-state index contributed by atoms with van der Waals surface area (Å²) >= 11 is 0. The smallest absolute Gasteiger partial charge is 0.226 e. The zero-order valence-corrected chi connectivity index (χ0v) is 23.4. The molecule has 0 aliphatic carbocycles. The van der Waals surface area contributed by atoms with Gasteiger partial charge in [-0.05, 0) is 71.5 Å². The van der Waals surface area contributed by atoms with Gasteiger partial charge in [0.25, 0.3) is 0 Å². The largest absolute Gasteiger partial charge is 0.348 e. The summed E-state index contributed by atoms with van der Waals surface area (Å²) in [4.78, 5) is 42.3. The number of nitrogens with zero attached hydrogens (tertiary/aromatic N) is 3. The van der Waals surface area contributed by atoms with Crippen LogP contribution in [0.15, 0.2) is 18.2 Å². The van der Waals surface area contributed by atoms with E-state index in [-0.39, 0.29) is 75.6 Å². The van der Waals surface area contributed by atoms with Gasteiger partial charge in [-0.2, -0.15) is 0 Å². The van der Waals surface area contributed by atoms with Crippen molar-refractivity contribution in [1.29, 1.82) is 0 Å². The monoisotopic (exact) mass is 552 g/mol. The van der Waals surface area contributed by atoms with Gasteiger partial charge in [0.1, 0.15) is 58.9 Å². The van der Waals surface area contributed by atoms with Crippen LogP contribution in [-0.4, -0.2) is 90.1 Å². The van der Waals surface area contributed by atoms with E-state index >= 15 is 0 Å². The van der Waals surface area contributed by atoms with E-state index in [4.69, 9.17) is 57.8 Å². The number of quaternary nitrogens is 3. The van der Waals surface area contributed by atoms with E-state index < -0.39 is 31.2 Å². The molecule has 0 aliphatic heterocycles. The number of carbonyl (C=O) groups is 3. The molecular weight excluding hydrogens is 522 g/mol. The summed E-state index contributed by atoms with van der Waals surface area (Å²) in [6.45, 7) is -1.33. The second kappa shape index (κ2) is 15.7. The average Bonchev–Trinajstić information content (AvgIpc) is 2.96. The first kappa shape index (κ1) is 34.2. The van der Waals surface area contributed by atoms with Crippen molar-refractivity contribution in [3.05, 3.63) is 34.9 Å². The third-order valence-electron chi connectivity index (χ3n) is 6.51. The van der Waals surface area contributed by atoms with Crippen LogP contribution < -0.4 is 0 Å². The standard InChI is InChI=1S/C36H30N3O3/c1-10-19-37(20-11-2,21-12-3)34(40)31-28-32(35(41)38(22-13-4,23-14-5)24-15-6)30-33(29-31)36(42)39(25-16-7,26-17-8)27-18-9/h1-9,28-30H,19-27H2/q+3. The number of hydrogen-bond donors (Lipinski definition) is 0. The van der Waals surface area contributed by atoms with E-state index in [1.54, 1.807) is 0 Å². The average molecular weight is 553 g/mol. The van der Waals surface area contributed by atoms with Crippen LogP contribution in [0.2, 0.25) is 0 Å². The van der Waals surface area contributed by atoms with Gasteiger partial charge >= 0.3 is 17.7 Å². The topological polar surface area (TPSA) is 51.2 Å². The highest BCUT2D eigenvalue weighted by Gasteiger charge is 2.42. The van der Waals surface area contributed by atoms with Crippen LogP contribution >= 0.6 is 0 Å². The van der Waals surface area contributed by atoms with Crippen LogP contribution in [0.4, 0.5) is 0 Å². The summed E-state index contributed by atoms with van der Waals surface area (Å²) in [5, 5.41) is 0. The molecule has 0 atom stereocenters. The van der Waals surface area contributed by atoms with Gasteiger partial charge in [-0.1, -0.05) is 0 Å². The first-order valence-corrected chi connectivity index (χ1v) is 12.4. The lowest BCUT2D eigenvalue weighted by Crippen LogP contribution is -2.55. The Labute approximate surface area is 250 Å². The molecule has 0 bridgehead atoms. The maximum atomic E-state index is 14.1. The number of benzene rings is 1. The summed E-state index contributed by atoms with van der Waals surface area (Å²) in [7, 11) is 0. The minimum Gasteiger partial charge on any atom is -0.226 e. The molecule has 42 heavy (non-hydrogen) atoms. The molecular formula is C36H30N3O3+3. The minimum atomic E-state index is -0.611. The number of hydrogen-bond acceptors (Lipinski definition) is 3. The third-order valence-corrected chi connectivity index (χ3v) is 6.51. The van der Waals surface area contributed by atoms with Crippen LogP contribution in [-0.2, 0) is 0 Å². The van der Waals surface area contributed by atoms with E-state index in [0.717, 1.165) is 0 Å². The molecule has 0 saturated carbocycles. The number of amides is 3. The second-order valence-electron chi connectivity index (χ2n) is 9.41. The van der Waals surface area contributed by atoms with E-state index in [2.05, 4.69) is 53.3 Å². The lowest BCUT2D eigenvalue weighted by atomic mass is 9.99. The molecule has 0 spiro atoms. The molecule has 6 nitrogen and oxygen atoms in total. The fourth-order valence-electron chi connectivity index (χ4n) is 4.54. The van der Waals surface area contributed by atoms with Crippen LogP contribution in [0.1, 0.15) is 31.1 Å². The van der Waals surface area contributed by atoms with Crippen molar-refractivity contribution in [2.45, 2.75) is 0 Å². The van der Waals surface area contributed by atoms with Crippen molar-refractivity contribution in [2.24, 2.45) is 0 Å². The summed E-state index contributed by atoms with van der Waals surface area (Å²) in [6.07, 6.45) is 50.2. The normalized spacial score (nSPS) is 10.4. The van der Waals surface area contributed by atoms with Gasteiger partial charge in [-0.25, -0.2) is 27.8 Å². The predicted octanol–water partition coefficient (Wildman–Crippen LogP) is 1.26. The van der Waals surface area contributed by atoms with Crippen LogP contribution in [0.25, 0.3) is 0 Å². The minimum absolute atomic E-state index is 0.0644. The highest BCUT2D eigenvalue weighted by Crippen LogP contribution is 2.24. The van der Waals surface area contributed by atoms with Crippen molar-refractivity contribution >= 4 is 17.7 Å². The molecule has 204 valence electrons. The molecule has 3 amide bonds. The Balaban J connectivity index is 4.23. The molecule has 0 aliphatic rings. The van der Waals surface area contributed by atoms with Crippen molar-refractivity contribution in [3.8, 4) is 111 Å². The number of terminal acetylenes is 9. The van der Waals surface area contributed by atoms with E-state index in [9.17, 15) is 14.4 Å². The van der Waals surface area contributed by atoms with Crippen molar-refractivity contribution in [2.75, 3.05) is 58.9 Å². The summed E-state index contributed by atoms with van der Waals surface area (Å²) in [5.74, 6) is 20.1. The van der Waals surface area contributed by atoms with Crippen molar-refractivity contribution in [3.63, 3.8) is 0 Å². The predicted molar refractivity (Wildman–Crippen MR) is 164 cm³/mol. The quantitative estimate of drug-likeness (QED) is 0.290. The Bertz CT molecular complexity index is 1300. The molecule has 1 aromatic rings. The zero-order chi connectivity index (χ0) is 31.8. The Kier molecular flexibility index (Phi) is 12.7. The maximum absolute atomic E-state index is 14.1. The van der Waals surface area contributed by atoms with E-state index in [1.165, 1.54) is 18.2 Å². The molecule has 1 aromatic carbocycles. The molecule has 0 N–H and O–H groups in total. The molecule has 6 heteroatoms. The van der Waals surface area contributed by atoms with Gasteiger partial charge in [-0.15, -0.1) is 57.8 Å². The second-order valence-corrected chi connectivity index (χ2v) is 9.41. The van der Waals surface area contributed by atoms with E-state index in [0.29, 0.717) is 0 Å². The van der Waals surface area contributed by atoms with Crippen LogP contribution in [0.5, 0.6) is 0 Å². The molecule has 0 aromatic heterocycles. The lowest BCUT2D eigenvalue weighted by Gasteiger charge is -2.33. The maximum Gasteiger partial charge on any atom is 0.348 e. The Morgan fingerprint density at radius 3 is 0.643 bits per heavy atom. The summed E-state index contributed by atoms with van der Waals surface area (Å²) < 4.78 is -1.56. The van der Waals surface area contributed by atoms with Crippen molar-refractivity contribution in [1.82, 2.24) is 0 Å². The van der Waals surface area contributed by atoms with Gasteiger partial charge in [0.15, 0.2) is 0 Å². The highest BCUT2D eigenvalue weighted by atomic mass is 16.2. The van der Waals surface area contributed by atoms with Crippen molar-refractivity contribution < 1.29 is 27.8 Å². The SMILES string of the molecule is C#CC[N+](CC#C)(CC#C)C(=O)c1cc(C(=O)[N+](CC#C)(CC#C)CC#C)cc(C(=O)[N+](CC#C)(CC#C)CC#C)c1. The number of carbonyl (C=O) groups excluding carboxylic acids is 3. The summed E-state index contributed by atoms with van der Waals surface area (Å²) in [5.41, 5.74) is -0.193. The fourth-order valence-corrected chi connectivity index (χ4v) is 4.54. The van der Waals surface area contributed by atoms with Crippen LogP contribution in [0.3, 0.4) is 0 Å². The first-order chi connectivity index (χ1) is 20.1. The van der Waals surface area contributed by atoms with Crippen LogP contribution in [0, 0.1) is 111 Å². The highest BCUT2D eigenvalue weighted by molar-refractivity contribution is 6.00. The Hall–Kier alpha value is -5.85. The third kappa shape index (κ3) is 7.21. The van der Waals surface area contributed by atoms with Gasteiger partial charge < -0.3 is 0 Å². The lowest BCUT2D eigenvalue weighted by molar-refractivity contribution is -0.827. The molecule has 0 unspecified atom stereocenters. The summed E-state index contributed by atoms with van der Waals surface area (Å²) in [6, 6.07) is 3.94. The number of rotatable bonds is 12. The van der Waals surface area contributed by atoms with E-state index in [1.807, 2.05) is 0 Å². The zero-order valence-electron chi connectivity index (χ0n) is 23.4. The molecule has 1 rings (SSSR count). The first-order valence-electron chi connectivity index (χ1n) is 12.4. The fraction of sp³-hybridized carbons (Fsp3) is 0.250. The van der Waals surface area contributed by atoms with Gasteiger partial charge in [0, 0.05) is 0 Å².